The molecule has 0 radical (unpaired) electrons. The Kier molecular flexibility index (Phi) is 1.51. The first-order chi connectivity index (χ1) is 4.40. The molecule has 1 fully saturated rings. The van der Waals surface area contributed by atoms with Crippen molar-refractivity contribution in [1.82, 2.24) is 0 Å². The summed E-state index contributed by atoms with van der Waals surface area (Å²) in [4.78, 5) is 0. The van der Waals surface area contributed by atoms with Gasteiger partial charge in [0.25, 0.3) is 5.92 Å². The fraction of sp³-hybridized carbons (Fsp3) is 1.00. The third-order valence-electron chi connectivity index (χ3n) is 2.46. The maximum Gasteiger partial charge on any atom is 0.253 e. The van der Waals surface area contributed by atoms with Crippen molar-refractivity contribution in [3.8, 4) is 0 Å². The van der Waals surface area contributed by atoms with Crippen LogP contribution in [0.15, 0.2) is 0 Å². The summed E-state index contributed by atoms with van der Waals surface area (Å²) < 4.78 is 25.3. The molecule has 3 heteroatoms. The van der Waals surface area contributed by atoms with Gasteiger partial charge in [-0.3, -0.25) is 0 Å². The molecule has 1 atom stereocenters. The lowest BCUT2D eigenvalue weighted by molar-refractivity contribution is -0.101. The lowest BCUT2D eigenvalue weighted by atomic mass is 9.94. The van der Waals surface area contributed by atoms with Gasteiger partial charge in [0, 0.05) is 6.92 Å². The van der Waals surface area contributed by atoms with Gasteiger partial charge in [-0.2, -0.15) is 0 Å². The Hall–Kier alpha value is -0.180. The molecule has 0 heterocycles. The first-order valence-electron chi connectivity index (χ1n) is 3.46. The van der Waals surface area contributed by atoms with Crippen LogP contribution in [0.2, 0.25) is 0 Å². The molecule has 1 aliphatic rings. The van der Waals surface area contributed by atoms with Crippen molar-refractivity contribution in [3.63, 3.8) is 0 Å². The molecule has 1 unspecified atom stereocenters. The van der Waals surface area contributed by atoms with Gasteiger partial charge < -0.3 is 5.11 Å². The van der Waals surface area contributed by atoms with Gasteiger partial charge in [0.1, 0.15) is 0 Å². The number of rotatable bonds is 2. The van der Waals surface area contributed by atoms with Gasteiger partial charge in [0.05, 0.1) is 11.5 Å². The van der Waals surface area contributed by atoms with Gasteiger partial charge in [-0.05, 0) is 19.8 Å². The Labute approximate surface area is 59.0 Å². The molecule has 1 N–H and O–H groups in total. The zero-order valence-corrected chi connectivity index (χ0v) is 6.19. The predicted octanol–water partition coefficient (Wildman–Crippen LogP) is 1.80. The largest absolute Gasteiger partial charge is 0.393 e. The van der Waals surface area contributed by atoms with E-state index in [1.165, 1.54) is 6.92 Å². The van der Waals surface area contributed by atoms with E-state index in [0.29, 0.717) is 12.8 Å². The highest BCUT2D eigenvalue weighted by molar-refractivity contribution is 5.04. The summed E-state index contributed by atoms with van der Waals surface area (Å²) in [6.45, 7) is 2.32. The van der Waals surface area contributed by atoms with Gasteiger partial charge in [-0.15, -0.1) is 0 Å². The summed E-state index contributed by atoms with van der Waals surface area (Å²) in [7, 11) is 0. The highest BCUT2D eigenvalue weighted by atomic mass is 19.3. The molecule has 0 aliphatic heterocycles. The highest BCUT2D eigenvalue weighted by Gasteiger charge is 2.61. The zero-order valence-electron chi connectivity index (χ0n) is 6.19. The van der Waals surface area contributed by atoms with Gasteiger partial charge in [-0.25, -0.2) is 8.78 Å². The first kappa shape index (κ1) is 7.92. The minimum atomic E-state index is -2.72. The van der Waals surface area contributed by atoms with Crippen molar-refractivity contribution < 1.29 is 13.9 Å². The van der Waals surface area contributed by atoms with Crippen LogP contribution < -0.4 is 0 Å². The molecule has 1 aliphatic carbocycles. The van der Waals surface area contributed by atoms with E-state index in [-0.39, 0.29) is 0 Å². The average Bonchev–Trinajstić information content (AvgIpc) is 2.36. The normalized spacial score (nSPS) is 26.1. The van der Waals surface area contributed by atoms with Gasteiger partial charge in [0.2, 0.25) is 0 Å². The van der Waals surface area contributed by atoms with Crippen LogP contribution >= 0.6 is 0 Å². The maximum atomic E-state index is 12.7. The number of alkyl halides is 2. The number of hydrogen-bond acceptors (Lipinski definition) is 1. The first-order valence-corrected chi connectivity index (χ1v) is 3.46. The zero-order chi connectivity index (χ0) is 7.99. The number of aliphatic hydroxyl groups excluding tert-OH is 1. The van der Waals surface area contributed by atoms with Crippen LogP contribution in [0.3, 0.4) is 0 Å². The smallest absolute Gasteiger partial charge is 0.253 e. The second-order valence-corrected chi connectivity index (χ2v) is 3.22. The third-order valence-corrected chi connectivity index (χ3v) is 2.46. The van der Waals surface area contributed by atoms with Crippen molar-refractivity contribution in [2.24, 2.45) is 5.41 Å². The van der Waals surface area contributed by atoms with Crippen LogP contribution in [0.4, 0.5) is 8.78 Å². The minimum Gasteiger partial charge on any atom is -0.393 e. The van der Waals surface area contributed by atoms with Crippen molar-refractivity contribution >= 4 is 0 Å². The molecule has 1 nitrogen and oxygen atoms in total. The molecule has 0 amide bonds. The Balaban J connectivity index is 2.70. The summed E-state index contributed by atoms with van der Waals surface area (Å²) in [5, 5.41) is 9.00. The van der Waals surface area contributed by atoms with Crippen molar-refractivity contribution in [2.75, 3.05) is 0 Å². The van der Waals surface area contributed by atoms with Crippen LogP contribution in [-0.2, 0) is 0 Å². The van der Waals surface area contributed by atoms with E-state index >= 15 is 0 Å². The molecule has 0 spiro atoms. The summed E-state index contributed by atoms with van der Waals surface area (Å²) in [6.07, 6.45) is 0.0231. The van der Waals surface area contributed by atoms with E-state index < -0.39 is 17.4 Å². The van der Waals surface area contributed by atoms with E-state index in [2.05, 4.69) is 0 Å². The fourth-order valence-corrected chi connectivity index (χ4v) is 1.36. The van der Waals surface area contributed by atoms with E-state index in [1.807, 2.05) is 0 Å². The Morgan fingerprint density at radius 1 is 1.50 bits per heavy atom. The Bertz CT molecular complexity index is 133. The number of aliphatic hydroxyl groups is 1. The topological polar surface area (TPSA) is 20.2 Å². The standard InChI is InChI=1S/C7H12F2O/c1-5(10)7(3-4-7)6(2,8)9/h5,10H,3-4H2,1-2H3. The second-order valence-electron chi connectivity index (χ2n) is 3.22. The Morgan fingerprint density at radius 2 is 1.90 bits per heavy atom. The molecule has 1 saturated carbocycles. The predicted molar refractivity (Wildman–Crippen MR) is 34.0 cm³/mol. The number of halogens is 2. The maximum absolute atomic E-state index is 12.7. The molecular formula is C7H12F2O. The molecule has 10 heavy (non-hydrogen) atoms. The quantitative estimate of drug-likeness (QED) is 0.636. The van der Waals surface area contributed by atoms with Crippen LogP contribution in [-0.4, -0.2) is 17.1 Å². The second kappa shape index (κ2) is 1.91. The SMILES string of the molecule is CC(O)C1(C(C)(F)F)CC1. The van der Waals surface area contributed by atoms with Crippen molar-refractivity contribution in [2.45, 2.75) is 38.7 Å². The molecule has 0 aromatic heterocycles. The monoisotopic (exact) mass is 150 g/mol. The lowest BCUT2D eigenvalue weighted by Gasteiger charge is -2.25. The van der Waals surface area contributed by atoms with E-state index in [4.69, 9.17) is 5.11 Å². The van der Waals surface area contributed by atoms with Crippen molar-refractivity contribution in [3.05, 3.63) is 0 Å². The van der Waals surface area contributed by atoms with Crippen molar-refractivity contribution in [1.29, 1.82) is 0 Å². The molecule has 0 aromatic rings. The van der Waals surface area contributed by atoms with Gasteiger partial charge >= 0.3 is 0 Å². The van der Waals surface area contributed by atoms with E-state index in [0.717, 1.165) is 6.92 Å². The van der Waals surface area contributed by atoms with Crippen LogP contribution in [0.25, 0.3) is 0 Å². The molecule has 0 saturated heterocycles. The Morgan fingerprint density at radius 3 is 1.90 bits per heavy atom. The van der Waals surface area contributed by atoms with Gasteiger partial charge in [0.15, 0.2) is 0 Å². The van der Waals surface area contributed by atoms with Crippen LogP contribution in [0.5, 0.6) is 0 Å². The lowest BCUT2D eigenvalue weighted by Crippen LogP contribution is -2.35. The summed E-state index contributed by atoms with van der Waals surface area (Å²) in [6, 6.07) is 0. The van der Waals surface area contributed by atoms with Crippen LogP contribution in [0, 0.1) is 5.41 Å². The molecular weight excluding hydrogens is 138 g/mol. The highest BCUT2D eigenvalue weighted by Crippen LogP contribution is 2.58. The van der Waals surface area contributed by atoms with E-state index in [1.54, 1.807) is 0 Å². The molecule has 60 valence electrons. The molecule has 1 rings (SSSR count). The molecule has 0 bridgehead atoms. The summed E-state index contributed by atoms with van der Waals surface area (Å²) in [5.74, 6) is -2.72. The average molecular weight is 150 g/mol. The van der Waals surface area contributed by atoms with Crippen LogP contribution in [0.1, 0.15) is 26.7 Å². The third kappa shape index (κ3) is 0.926. The van der Waals surface area contributed by atoms with E-state index in [9.17, 15) is 8.78 Å². The number of hydrogen-bond donors (Lipinski definition) is 1. The summed E-state index contributed by atoms with van der Waals surface area (Å²) in [5.41, 5.74) is -1.09. The minimum absolute atomic E-state index is 0.453. The fourth-order valence-electron chi connectivity index (χ4n) is 1.36. The summed E-state index contributed by atoms with van der Waals surface area (Å²) >= 11 is 0. The van der Waals surface area contributed by atoms with Gasteiger partial charge in [-0.1, -0.05) is 0 Å². The molecule has 0 aromatic carbocycles.